The molecule has 0 fully saturated rings. The lowest BCUT2D eigenvalue weighted by atomic mass is 10.2. The van der Waals surface area contributed by atoms with Gasteiger partial charge in [0.15, 0.2) is 6.61 Å². The van der Waals surface area contributed by atoms with E-state index in [1.54, 1.807) is 19.1 Å². The topological polar surface area (TPSA) is 26.3 Å². The first-order valence-electron chi connectivity index (χ1n) is 3.67. The van der Waals surface area contributed by atoms with Crippen molar-refractivity contribution in [3.63, 3.8) is 0 Å². The highest BCUT2D eigenvalue weighted by molar-refractivity contribution is 6.63. The monoisotopic (exact) mass is 202 g/mol. The van der Waals surface area contributed by atoms with Gasteiger partial charge in [0.2, 0.25) is 0 Å². The lowest BCUT2D eigenvalue weighted by molar-refractivity contribution is -0.113. The van der Waals surface area contributed by atoms with Gasteiger partial charge in [-0.05, 0) is 30.2 Å². The number of aryl methyl sites for hydroxylation is 1. The van der Waals surface area contributed by atoms with Crippen LogP contribution >= 0.6 is 11.6 Å². The Hall–Kier alpha value is -1.09. The summed E-state index contributed by atoms with van der Waals surface area (Å²) in [6.07, 6.45) is 0. The minimum atomic E-state index is -0.610. The average molecular weight is 203 g/mol. The molecule has 0 heterocycles. The van der Waals surface area contributed by atoms with E-state index in [-0.39, 0.29) is 12.4 Å². The molecule has 0 N–H and O–H groups in total. The van der Waals surface area contributed by atoms with Gasteiger partial charge >= 0.3 is 0 Å². The van der Waals surface area contributed by atoms with E-state index < -0.39 is 5.24 Å². The fraction of sp³-hybridized carbons (Fsp3) is 0.222. The summed E-state index contributed by atoms with van der Waals surface area (Å²) >= 11 is 5.04. The van der Waals surface area contributed by atoms with Gasteiger partial charge in [-0.15, -0.1) is 0 Å². The molecule has 70 valence electrons. The van der Waals surface area contributed by atoms with Gasteiger partial charge in [0.25, 0.3) is 5.24 Å². The minimum Gasteiger partial charge on any atom is -0.484 e. The third-order valence-corrected chi connectivity index (χ3v) is 1.60. The zero-order valence-electron chi connectivity index (χ0n) is 7.01. The largest absolute Gasteiger partial charge is 0.484 e. The van der Waals surface area contributed by atoms with E-state index in [2.05, 4.69) is 0 Å². The summed E-state index contributed by atoms with van der Waals surface area (Å²) in [5.41, 5.74) is 0.532. The van der Waals surface area contributed by atoms with Crippen molar-refractivity contribution >= 4 is 16.8 Å². The molecule has 0 saturated carbocycles. The number of hydrogen-bond acceptors (Lipinski definition) is 2. The van der Waals surface area contributed by atoms with Gasteiger partial charge < -0.3 is 4.74 Å². The molecule has 1 aromatic carbocycles. The van der Waals surface area contributed by atoms with Crippen LogP contribution in [0.4, 0.5) is 4.39 Å². The van der Waals surface area contributed by atoms with E-state index in [0.29, 0.717) is 11.3 Å². The lowest BCUT2D eigenvalue weighted by Crippen LogP contribution is -2.04. The van der Waals surface area contributed by atoms with Crippen LogP contribution in [-0.2, 0) is 4.79 Å². The Morgan fingerprint density at radius 3 is 2.85 bits per heavy atom. The molecule has 0 amide bonds. The van der Waals surface area contributed by atoms with Crippen LogP contribution in [0.3, 0.4) is 0 Å². The third-order valence-electron chi connectivity index (χ3n) is 1.50. The van der Waals surface area contributed by atoms with Crippen molar-refractivity contribution in [2.75, 3.05) is 6.61 Å². The van der Waals surface area contributed by atoms with Crippen LogP contribution in [0.1, 0.15) is 5.56 Å². The van der Waals surface area contributed by atoms with Crippen molar-refractivity contribution in [2.45, 2.75) is 6.92 Å². The van der Waals surface area contributed by atoms with Crippen LogP contribution in [-0.4, -0.2) is 11.8 Å². The summed E-state index contributed by atoms with van der Waals surface area (Å²) in [5.74, 6) is -0.0587. The zero-order valence-corrected chi connectivity index (χ0v) is 7.77. The van der Waals surface area contributed by atoms with Gasteiger partial charge in [0.05, 0.1) is 0 Å². The Labute approximate surface area is 80.3 Å². The highest BCUT2D eigenvalue weighted by Gasteiger charge is 2.01. The van der Waals surface area contributed by atoms with E-state index >= 15 is 0 Å². The molecule has 1 aromatic rings. The fourth-order valence-corrected chi connectivity index (χ4v) is 0.858. The number of rotatable bonds is 3. The number of benzene rings is 1. The smallest absolute Gasteiger partial charge is 0.259 e. The minimum absolute atomic E-state index is 0.246. The first kappa shape index (κ1) is 9.99. The molecule has 0 spiro atoms. The molecule has 4 heteroatoms. The summed E-state index contributed by atoms with van der Waals surface area (Å²) in [5, 5.41) is -0.610. The number of halogens is 2. The van der Waals surface area contributed by atoms with Gasteiger partial charge in [0, 0.05) is 6.07 Å². The maximum absolute atomic E-state index is 12.9. The molecule has 13 heavy (non-hydrogen) atoms. The van der Waals surface area contributed by atoms with Gasteiger partial charge in [-0.1, -0.05) is 6.07 Å². The van der Waals surface area contributed by atoms with Crippen LogP contribution in [0.5, 0.6) is 5.75 Å². The molecule has 0 aliphatic rings. The molecule has 0 atom stereocenters. The molecular weight excluding hydrogens is 195 g/mol. The van der Waals surface area contributed by atoms with Gasteiger partial charge in [0.1, 0.15) is 11.6 Å². The van der Waals surface area contributed by atoms with Crippen molar-refractivity contribution < 1.29 is 13.9 Å². The van der Waals surface area contributed by atoms with E-state index in [9.17, 15) is 9.18 Å². The van der Waals surface area contributed by atoms with Crippen molar-refractivity contribution in [1.29, 1.82) is 0 Å². The molecule has 0 aliphatic carbocycles. The van der Waals surface area contributed by atoms with E-state index in [1.807, 2.05) is 0 Å². The second-order valence-electron chi connectivity index (χ2n) is 2.55. The lowest BCUT2D eigenvalue weighted by Gasteiger charge is -2.03. The summed E-state index contributed by atoms with van der Waals surface area (Å²) in [7, 11) is 0. The fourth-order valence-electron chi connectivity index (χ4n) is 0.803. The van der Waals surface area contributed by atoms with Crippen LogP contribution in [0.25, 0.3) is 0 Å². The van der Waals surface area contributed by atoms with Crippen molar-refractivity contribution in [3.05, 3.63) is 29.6 Å². The SMILES string of the molecule is Cc1ccc(OCC(=O)Cl)cc1F. The number of hydrogen-bond donors (Lipinski definition) is 0. The second kappa shape index (κ2) is 4.23. The zero-order chi connectivity index (χ0) is 9.84. The molecule has 0 saturated heterocycles. The van der Waals surface area contributed by atoms with Crippen LogP contribution < -0.4 is 4.74 Å². The first-order chi connectivity index (χ1) is 6.09. The van der Waals surface area contributed by atoms with Gasteiger partial charge in [-0.2, -0.15) is 0 Å². The predicted octanol–water partition coefficient (Wildman–Crippen LogP) is 2.28. The maximum Gasteiger partial charge on any atom is 0.259 e. The first-order valence-corrected chi connectivity index (χ1v) is 4.04. The number of carbonyl (C=O) groups excluding carboxylic acids is 1. The van der Waals surface area contributed by atoms with Crippen LogP contribution in [0.2, 0.25) is 0 Å². The molecule has 2 nitrogen and oxygen atoms in total. The summed E-state index contributed by atoms with van der Waals surface area (Å²) < 4.78 is 17.8. The molecule has 0 unspecified atom stereocenters. The van der Waals surface area contributed by atoms with E-state index in [4.69, 9.17) is 16.3 Å². The third kappa shape index (κ3) is 3.03. The molecule has 0 aliphatic heterocycles. The highest BCUT2D eigenvalue weighted by atomic mass is 35.5. The number of carbonyl (C=O) groups is 1. The Kier molecular flexibility index (Phi) is 3.25. The Bertz CT molecular complexity index is 325. The van der Waals surface area contributed by atoms with Gasteiger partial charge in [-0.3, -0.25) is 4.79 Å². The summed E-state index contributed by atoms with van der Waals surface area (Å²) in [6, 6.07) is 4.37. The van der Waals surface area contributed by atoms with Gasteiger partial charge in [-0.25, -0.2) is 4.39 Å². The molecular formula is C9H8ClFO2. The van der Waals surface area contributed by atoms with E-state index in [1.165, 1.54) is 6.07 Å². The molecule has 0 aromatic heterocycles. The Balaban J connectivity index is 2.68. The Morgan fingerprint density at radius 2 is 2.31 bits per heavy atom. The van der Waals surface area contributed by atoms with Crippen molar-refractivity contribution in [3.8, 4) is 5.75 Å². The summed E-state index contributed by atoms with van der Waals surface area (Å²) in [6.45, 7) is 1.40. The molecule has 0 bridgehead atoms. The summed E-state index contributed by atoms with van der Waals surface area (Å²) in [4.78, 5) is 10.3. The van der Waals surface area contributed by atoms with Crippen LogP contribution in [0, 0.1) is 12.7 Å². The molecule has 0 radical (unpaired) electrons. The second-order valence-corrected chi connectivity index (χ2v) is 2.98. The van der Waals surface area contributed by atoms with Crippen molar-refractivity contribution in [2.24, 2.45) is 0 Å². The van der Waals surface area contributed by atoms with Crippen molar-refractivity contribution in [1.82, 2.24) is 0 Å². The highest BCUT2D eigenvalue weighted by Crippen LogP contribution is 2.15. The normalized spacial score (nSPS) is 9.77. The quantitative estimate of drug-likeness (QED) is 0.703. The van der Waals surface area contributed by atoms with E-state index in [0.717, 1.165) is 0 Å². The predicted molar refractivity (Wildman–Crippen MR) is 47.5 cm³/mol. The van der Waals surface area contributed by atoms with Crippen LogP contribution in [0.15, 0.2) is 18.2 Å². The molecule has 1 rings (SSSR count). The average Bonchev–Trinajstić information content (AvgIpc) is 2.07. The number of ether oxygens (including phenoxy) is 1. The maximum atomic E-state index is 12.9. The Morgan fingerprint density at radius 1 is 1.62 bits per heavy atom. The standard InChI is InChI=1S/C9H8ClFO2/c1-6-2-3-7(4-8(6)11)13-5-9(10)12/h2-4H,5H2,1H3.